The van der Waals surface area contributed by atoms with Crippen molar-refractivity contribution in [3.63, 3.8) is 0 Å². The second-order valence-electron chi connectivity index (χ2n) is 9.96. The molecule has 0 spiro atoms. The first-order valence-electron chi connectivity index (χ1n) is 13.0. The Kier molecular flexibility index (Phi) is 9.15. The number of nitrogens with two attached hydrogens (primary N) is 1. The number of carboxylic acids is 1. The molecule has 4 rings (SSSR count). The Morgan fingerprint density at radius 3 is 2.55 bits per heavy atom. The van der Waals surface area contributed by atoms with E-state index in [2.05, 4.69) is 4.72 Å². The number of fused-ring (bicyclic) bond motifs is 1. The summed E-state index contributed by atoms with van der Waals surface area (Å²) in [6.07, 6.45) is 0.405. The van der Waals surface area contributed by atoms with E-state index in [1.54, 1.807) is 18.2 Å². The van der Waals surface area contributed by atoms with E-state index >= 15 is 0 Å². The number of hydrogen-bond donors (Lipinski definition) is 4. The van der Waals surface area contributed by atoms with Crippen molar-refractivity contribution in [2.24, 2.45) is 5.84 Å². The van der Waals surface area contributed by atoms with Crippen molar-refractivity contribution >= 4 is 44.4 Å². The van der Waals surface area contributed by atoms with Crippen LogP contribution in [0.5, 0.6) is 0 Å². The highest BCUT2D eigenvalue weighted by Gasteiger charge is 2.39. The van der Waals surface area contributed by atoms with Gasteiger partial charge in [-0.2, -0.15) is 4.72 Å². The summed E-state index contributed by atoms with van der Waals surface area (Å²) < 4.78 is 34.7. The summed E-state index contributed by atoms with van der Waals surface area (Å²) in [4.78, 5) is 40.5. The maximum Gasteiger partial charge on any atom is 0.305 e. The number of carbonyl (C=O) groups excluding carboxylic acids is 2. The number of carbonyl (C=O) groups is 3. The minimum Gasteiger partial charge on any atom is -0.481 e. The fourth-order valence-corrected chi connectivity index (χ4v) is 5.79. The number of amides is 2. The molecule has 0 aromatic heterocycles. The standard InChI is InChI=1S/C26H34N6O7S/c1-30(25(27)22-16-39-13-12-32(22)28)23(33)15-21(26(36)31(19-7-8-19)11-10-24(34)35)29-40(37,38)20-9-6-17-4-2-3-5-18(17)14-20/h2-6,9,14,19,21-22,27,29H,7-8,10-13,15-16,28H2,1H3,(H,34,35)/t21-,22?/m0/s1. The normalized spacial score (nSPS) is 18.7. The number of likely N-dealkylation sites (N-methyl/N-ethyl adjacent to an activating group) is 1. The molecule has 216 valence electrons. The zero-order chi connectivity index (χ0) is 29.0. The van der Waals surface area contributed by atoms with Crippen LogP contribution < -0.4 is 10.6 Å². The molecule has 2 aromatic carbocycles. The molecule has 2 amide bonds. The molecular weight excluding hydrogens is 540 g/mol. The van der Waals surface area contributed by atoms with Gasteiger partial charge in [0.05, 0.1) is 31.0 Å². The number of hydrogen-bond acceptors (Lipinski definition) is 9. The lowest BCUT2D eigenvalue weighted by molar-refractivity contribution is -0.140. The number of benzene rings is 2. The van der Waals surface area contributed by atoms with Crippen molar-refractivity contribution < 1.29 is 32.6 Å². The summed E-state index contributed by atoms with van der Waals surface area (Å²) in [5.74, 6) is 3.34. The Labute approximate surface area is 232 Å². The number of hydrazine groups is 1. The third-order valence-corrected chi connectivity index (χ3v) is 8.53. The fraction of sp³-hybridized carbons (Fsp3) is 0.462. The van der Waals surface area contributed by atoms with Gasteiger partial charge in [0.25, 0.3) is 0 Å². The van der Waals surface area contributed by atoms with E-state index in [0.717, 1.165) is 10.3 Å². The highest BCUT2D eigenvalue weighted by atomic mass is 32.2. The Morgan fingerprint density at radius 1 is 1.20 bits per heavy atom. The monoisotopic (exact) mass is 574 g/mol. The average molecular weight is 575 g/mol. The lowest BCUT2D eigenvalue weighted by Crippen LogP contribution is -2.58. The first kappa shape index (κ1) is 29.6. The van der Waals surface area contributed by atoms with Crippen LogP contribution in [-0.4, -0.2) is 103 Å². The third-order valence-electron chi connectivity index (χ3n) is 7.06. The van der Waals surface area contributed by atoms with E-state index < -0.39 is 46.3 Å². The molecule has 0 radical (unpaired) electrons. The van der Waals surface area contributed by atoms with E-state index in [1.165, 1.54) is 29.1 Å². The fourth-order valence-electron chi connectivity index (χ4n) is 4.57. The number of carboxylic acid groups (broad SMARTS) is 1. The predicted octanol–water partition coefficient (Wildman–Crippen LogP) is 0.353. The van der Waals surface area contributed by atoms with Crippen LogP contribution in [0.25, 0.3) is 10.8 Å². The summed E-state index contributed by atoms with van der Waals surface area (Å²) in [5, 5.41) is 20.5. The summed E-state index contributed by atoms with van der Waals surface area (Å²) >= 11 is 0. The van der Waals surface area contributed by atoms with Gasteiger partial charge in [0, 0.05) is 26.2 Å². The van der Waals surface area contributed by atoms with Crippen LogP contribution in [0, 0.1) is 5.41 Å². The van der Waals surface area contributed by atoms with Gasteiger partial charge < -0.3 is 19.6 Å². The molecular formula is C26H34N6O7S. The number of ether oxygens (including phenoxy) is 1. The first-order chi connectivity index (χ1) is 19.0. The highest BCUT2D eigenvalue weighted by molar-refractivity contribution is 7.89. The Morgan fingerprint density at radius 2 is 1.90 bits per heavy atom. The van der Waals surface area contributed by atoms with Crippen LogP contribution in [-0.2, 0) is 29.1 Å². The zero-order valence-corrected chi connectivity index (χ0v) is 23.0. The third kappa shape index (κ3) is 7.01. The minimum atomic E-state index is -4.27. The molecule has 14 heteroatoms. The topological polar surface area (TPSA) is 186 Å². The molecule has 1 saturated heterocycles. The predicted molar refractivity (Wildman–Crippen MR) is 146 cm³/mol. The molecule has 40 heavy (non-hydrogen) atoms. The van der Waals surface area contributed by atoms with Crippen molar-refractivity contribution in [3.8, 4) is 0 Å². The van der Waals surface area contributed by atoms with Gasteiger partial charge in [-0.3, -0.25) is 25.6 Å². The van der Waals surface area contributed by atoms with E-state index in [9.17, 15) is 27.9 Å². The quantitative estimate of drug-likeness (QED) is 0.167. The summed E-state index contributed by atoms with van der Waals surface area (Å²) in [7, 11) is -2.92. The second-order valence-corrected chi connectivity index (χ2v) is 11.7. The van der Waals surface area contributed by atoms with Gasteiger partial charge in [0.1, 0.15) is 17.9 Å². The molecule has 1 unspecified atom stereocenters. The molecule has 2 aliphatic rings. The van der Waals surface area contributed by atoms with Gasteiger partial charge in [0.15, 0.2) is 0 Å². The van der Waals surface area contributed by atoms with E-state index in [-0.39, 0.29) is 36.3 Å². The van der Waals surface area contributed by atoms with Crippen molar-refractivity contribution in [1.29, 1.82) is 5.41 Å². The van der Waals surface area contributed by atoms with Crippen molar-refractivity contribution in [2.45, 2.75) is 48.7 Å². The lowest BCUT2D eigenvalue weighted by Gasteiger charge is -2.35. The van der Waals surface area contributed by atoms with Crippen molar-refractivity contribution in [1.82, 2.24) is 19.5 Å². The highest BCUT2D eigenvalue weighted by Crippen LogP contribution is 2.28. The number of nitrogens with zero attached hydrogens (tertiary/aromatic N) is 3. The molecule has 2 aromatic rings. The van der Waals surface area contributed by atoms with E-state index in [1.807, 2.05) is 12.1 Å². The number of sulfonamides is 1. The Balaban J connectivity index is 1.59. The van der Waals surface area contributed by atoms with Gasteiger partial charge in [-0.1, -0.05) is 30.3 Å². The smallest absolute Gasteiger partial charge is 0.305 e. The number of nitrogens with one attached hydrogen (secondary N) is 2. The lowest BCUT2D eigenvalue weighted by atomic mass is 10.1. The van der Waals surface area contributed by atoms with Crippen LogP contribution in [0.1, 0.15) is 25.7 Å². The number of amidine groups is 1. The average Bonchev–Trinajstić information content (AvgIpc) is 3.77. The summed E-state index contributed by atoms with van der Waals surface area (Å²) in [6, 6.07) is 9.30. The van der Waals surface area contributed by atoms with Crippen molar-refractivity contribution in [3.05, 3.63) is 42.5 Å². The maximum atomic E-state index is 13.7. The minimum absolute atomic E-state index is 0.0841. The molecule has 2 fully saturated rings. The van der Waals surface area contributed by atoms with Crippen LogP contribution in [0.2, 0.25) is 0 Å². The van der Waals surface area contributed by atoms with Crippen LogP contribution in [0.4, 0.5) is 0 Å². The Hall–Kier alpha value is -3.43. The molecule has 0 bridgehead atoms. The van der Waals surface area contributed by atoms with Crippen LogP contribution in [0.3, 0.4) is 0 Å². The SMILES string of the molecule is CN(C(=N)C1COCCN1N)C(=O)C[C@H](NS(=O)(=O)c1ccc2ccccc2c1)C(=O)N(CCC(=O)O)C1CC1. The number of rotatable bonds is 11. The largest absolute Gasteiger partial charge is 0.481 e. The summed E-state index contributed by atoms with van der Waals surface area (Å²) in [6.45, 7) is 0.739. The molecule has 5 N–H and O–H groups in total. The Bertz CT molecular complexity index is 1400. The van der Waals surface area contributed by atoms with Gasteiger partial charge in [-0.25, -0.2) is 13.4 Å². The number of morpholine rings is 1. The van der Waals surface area contributed by atoms with Gasteiger partial charge in [-0.15, -0.1) is 0 Å². The zero-order valence-electron chi connectivity index (χ0n) is 22.2. The molecule has 1 aliphatic heterocycles. The van der Waals surface area contributed by atoms with Crippen molar-refractivity contribution in [2.75, 3.05) is 33.4 Å². The van der Waals surface area contributed by atoms with Crippen LogP contribution in [0.15, 0.2) is 47.4 Å². The maximum absolute atomic E-state index is 13.7. The molecule has 1 aliphatic carbocycles. The second kappa shape index (κ2) is 12.4. The van der Waals surface area contributed by atoms with Crippen LogP contribution >= 0.6 is 0 Å². The first-order valence-corrected chi connectivity index (χ1v) is 14.4. The molecule has 1 heterocycles. The van der Waals surface area contributed by atoms with E-state index in [0.29, 0.717) is 31.4 Å². The van der Waals surface area contributed by atoms with Gasteiger partial charge >= 0.3 is 5.97 Å². The number of aliphatic carboxylic acids is 1. The molecule has 1 saturated carbocycles. The van der Waals surface area contributed by atoms with Gasteiger partial charge in [-0.05, 0) is 35.7 Å². The van der Waals surface area contributed by atoms with E-state index in [4.69, 9.17) is 16.0 Å². The van der Waals surface area contributed by atoms with Gasteiger partial charge in [0.2, 0.25) is 21.8 Å². The molecule has 2 atom stereocenters. The molecule has 13 nitrogen and oxygen atoms in total. The summed E-state index contributed by atoms with van der Waals surface area (Å²) in [5.41, 5.74) is 0.